The average Bonchev–Trinajstić information content (AvgIpc) is 2.75. The summed E-state index contributed by atoms with van der Waals surface area (Å²) in [4.78, 5) is 8.29. The van der Waals surface area contributed by atoms with Gasteiger partial charge in [-0.25, -0.2) is 9.97 Å². The van der Waals surface area contributed by atoms with Crippen molar-refractivity contribution in [3.05, 3.63) is 23.7 Å². The molecule has 0 fully saturated rings. The predicted octanol–water partition coefficient (Wildman–Crippen LogP) is 3.91. The van der Waals surface area contributed by atoms with Crippen LogP contribution in [0.2, 0.25) is 5.15 Å². The third-order valence-electron chi connectivity index (χ3n) is 3.44. The van der Waals surface area contributed by atoms with Crippen molar-refractivity contribution < 1.29 is 0 Å². The van der Waals surface area contributed by atoms with Crippen molar-refractivity contribution in [3.8, 4) is 0 Å². The molecule has 4 heteroatoms. The fourth-order valence-electron chi connectivity index (χ4n) is 2.17. The highest BCUT2D eigenvalue weighted by Gasteiger charge is 2.08. The number of nitrogens with zero attached hydrogens (tertiary/aromatic N) is 3. The fraction of sp³-hybridized carbons (Fsp3) is 0.538. The van der Waals surface area contributed by atoms with Gasteiger partial charge in [0.15, 0.2) is 0 Å². The van der Waals surface area contributed by atoms with Crippen molar-refractivity contribution in [1.82, 2.24) is 14.5 Å². The van der Waals surface area contributed by atoms with Gasteiger partial charge >= 0.3 is 0 Å². The first kappa shape index (κ1) is 12.4. The molecule has 0 radical (unpaired) electrons. The lowest BCUT2D eigenvalue weighted by atomic mass is 10.00. The van der Waals surface area contributed by atoms with E-state index in [1.165, 1.54) is 25.6 Å². The van der Waals surface area contributed by atoms with Crippen LogP contribution in [0, 0.1) is 5.92 Å². The van der Waals surface area contributed by atoms with Crippen LogP contribution in [0.3, 0.4) is 0 Å². The van der Waals surface area contributed by atoms with Gasteiger partial charge in [0.2, 0.25) is 0 Å². The summed E-state index contributed by atoms with van der Waals surface area (Å²) in [6, 6.07) is 1.99. The molecule has 3 nitrogen and oxygen atoms in total. The molecule has 0 aromatic carbocycles. The highest BCUT2D eigenvalue weighted by molar-refractivity contribution is 6.33. The van der Waals surface area contributed by atoms with Crippen molar-refractivity contribution >= 4 is 22.6 Å². The summed E-state index contributed by atoms with van der Waals surface area (Å²) in [5.41, 5.74) is 0.941. The second-order valence-electron chi connectivity index (χ2n) is 4.38. The number of rotatable bonds is 5. The van der Waals surface area contributed by atoms with Gasteiger partial charge in [0, 0.05) is 12.7 Å². The lowest BCUT2D eigenvalue weighted by molar-refractivity contribution is 0.425. The number of hydrogen-bond donors (Lipinski definition) is 0. The largest absolute Gasteiger partial charge is 0.332 e. The Labute approximate surface area is 107 Å². The molecular formula is C13H18ClN3. The normalized spacial score (nSPS) is 11.5. The molecular weight excluding hydrogens is 234 g/mol. The molecule has 0 aliphatic carbocycles. The molecule has 0 saturated carbocycles. The second kappa shape index (κ2) is 5.50. The molecule has 2 heterocycles. The Morgan fingerprint density at radius 2 is 2.06 bits per heavy atom. The van der Waals surface area contributed by atoms with Gasteiger partial charge < -0.3 is 4.57 Å². The number of aryl methyl sites for hydroxylation is 1. The van der Waals surface area contributed by atoms with Gasteiger partial charge in [0.25, 0.3) is 0 Å². The van der Waals surface area contributed by atoms with E-state index in [0.717, 1.165) is 23.5 Å². The first-order chi connectivity index (χ1) is 8.26. The molecule has 0 unspecified atom stereocenters. The molecule has 0 spiro atoms. The first-order valence-corrected chi connectivity index (χ1v) is 6.59. The van der Waals surface area contributed by atoms with Crippen molar-refractivity contribution in [2.75, 3.05) is 0 Å². The van der Waals surface area contributed by atoms with Crippen LogP contribution in [0.5, 0.6) is 0 Å². The average molecular weight is 252 g/mol. The molecule has 0 bridgehead atoms. The summed E-state index contributed by atoms with van der Waals surface area (Å²) >= 11 is 6.02. The van der Waals surface area contributed by atoms with Crippen LogP contribution in [-0.4, -0.2) is 14.5 Å². The quantitative estimate of drug-likeness (QED) is 0.755. The molecule has 2 rings (SSSR count). The Morgan fingerprint density at radius 1 is 1.29 bits per heavy atom. The highest BCUT2D eigenvalue weighted by atomic mass is 35.5. The zero-order valence-electron chi connectivity index (χ0n) is 10.4. The molecule has 17 heavy (non-hydrogen) atoms. The number of halogens is 1. The van der Waals surface area contributed by atoms with Gasteiger partial charge in [-0.15, -0.1) is 0 Å². The Kier molecular flexibility index (Phi) is 4.00. The van der Waals surface area contributed by atoms with Gasteiger partial charge in [-0.1, -0.05) is 38.3 Å². The van der Waals surface area contributed by atoms with Crippen LogP contribution >= 0.6 is 11.6 Å². The smallest absolute Gasteiger partial charge is 0.144 e. The van der Waals surface area contributed by atoms with Crippen molar-refractivity contribution in [2.45, 2.75) is 39.7 Å². The number of hydrogen-bond acceptors (Lipinski definition) is 2. The minimum absolute atomic E-state index is 0.538. The standard InChI is InChI=1S/C13H18ClN3/c1-3-10(4-2)5-7-17-8-6-11-12(14)15-9-16-13(11)17/h6,8-10H,3-5,7H2,1-2H3. The molecule has 0 aliphatic rings. The highest BCUT2D eigenvalue weighted by Crippen LogP contribution is 2.21. The zero-order valence-corrected chi connectivity index (χ0v) is 11.1. The Balaban J connectivity index is 2.17. The van der Waals surface area contributed by atoms with E-state index in [4.69, 9.17) is 11.6 Å². The van der Waals surface area contributed by atoms with Crippen LogP contribution in [0.4, 0.5) is 0 Å². The maximum atomic E-state index is 6.02. The van der Waals surface area contributed by atoms with E-state index in [9.17, 15) is 0 Å². The van der Waals surface area contributed by atoms with Gasteiger partial charge in [-0.3, -0.25) is 0 Å². The molecule has 0 saturated heterocycles. The van der Waals surface area contributed by atoms with E-state index in [-0.39, 0.29) is 0 Å². The maximum absolute atomic E-state index is 6.02. The van der Waals surface area contributed by atoms with Crippen LogP contribution in [0.25, 0.3) is 11.0 Å². The summed E-state index contributed by atoms with van der Waals surface area (Å²) in [6.45, 7) is 5.51. The Hall–Kier alpha value is -1.09. The van der Waals surface area contributed by atoms with E-state index < -0.39 is 0 Å². The van der Waals surface area contributed by atoms with Crippen LogP contribution in [0.15, 0.2) is 18.6 Å². The van der Waals surface area contributed by atoms with Gasteiger partial charge in [-0.05, 0) is 18.4 Å². The van der Waals surface area contributed by atoms with E-state index in [1.54, 1.807) is 0 Å². The van der Waals surface area contributed by atoms with Crippen LogP contribution in [-0.2, 0) is 6.54 Å². The van der Waals surface area contributed by atoms with Crippen LogP contribution < -0.4 is 0 Å². The molecule has 2 aromatic rings. The third-order valence-corrected chi connectivity index (χ3v) is 3.74. The summed E-state index contributed by atoms with van der Waals surface area (Å²) < 4.78 is 2.17. The summed E-state index contributed by atoms with van der Waals surface area (Å²) in [6.07, 6.45) is 7.25. The van der Waals surface area contributed by atoms with E-state index in [2.05, 4.69) is 28.4 Å². The third kappa shape index (κ3) is 2.60. The number of fused-ring (bicyclic) bond motifs is 1. The van der Waals surface area contributed by atoms with Crippen molar-refractivity contribution in [2.24, 2.45) is 5.92 Å². The lowest BCUT2D eigenvalue weighted by Gasteiger charge is -2.12. The monoisotopic (exact) mass is 251 g/mol. The van der Waals surface area contributed by atoms with Crippen molar-refractivity contribution in [3.63, 3.8) is 0 Å². The molecule has 0 atom stereocenters. The van der Waals surface area contributed by atoms with Gasteiger partial charge in [0.1, 0.15) is 17.1 Å². The molecule has 2 aromatic heterocycles. The van der Waals surface area contributed by atoms with E-state index in [0.29, 0.717) is 5.15 Å². The van der Waals surface area contributed by atoms with Crippen molar-refractivity contribution in [1.29, 1.82) is 0 Å². The minimum Gasteiger partial charge on any atom is -0.332 e. The Morgan fingerprint density at radius 3 is 2.76 bits per heavy atom. The molecule has 0 aliphatic heterocycles. The van der Waals surface area contributed by atoms with Gasteiger partial charge in [0.05, 0.1) is 5.39 Å². The summed E-state index contributed by atoms with van der Waals surface area (Å²) in [5, 5.41) is 1.48. The van der Waals surface area contributed by atoms with E-state index >= 15 is 0 Å². The maximum Gasteiger partial charge on any atom is 0.144 e. The summed E-state index contributed by atoms with van der Waals surface area (Å²) in [7, 11) is 0. The minimum atomic E-state index is 0.538. The van der Waals surface area contributed by atoms with Crippen LogP contribution in [0.1, 0.15) is 33.1 Å². The lowest BCUT2D eigenvalue weighted by Crippen LogP contribution is -2.04. The first-order valence-electron chi connectivity index (χ1n) is 6.21. The molecule has 92 valence electrons. The number of aromatic nitrogens is 3. The second-order valence-corrected chi connectivity index (χ2v) is 4.74. The topological polar surface area (TPSA) is 30.7 Å². The fourth-order valence-corrected chi connectivity index (χ4v) is 2.36. The predicted molar refractivity (Wildman–Crippen MR) is 71.2 cm³/mol. The van der Waals surface area contributed by atoms with Gasteiger partial charge in [-0.2, -0.15) is 0 Å². The Bertz CT molecular complexity index is 488. The molecule has 0 N–H and O–H groups in total. The molecule has 0 amide bonds. The zero-order chi connectivity index (χ0) is 12.3. The van der Waals surface area contributed by atoms with E-state index in [1.807, 2.05) is 12.3 Å². The summed E-state index contributed by atoms with van der Waals surface area (Å²) in [5.74, 6) is 0.796. The SMILES string of the molecule is CCC(CC)CCn1ccc2c(Cl)ncnc21.